The summed E-state index contributed by atoms with van der Waals surface area (Å²) in [6.07, 6.45) is 4.85. The van der Waals surface area contributed by atoms with E-state index in [9.17, 15) is 9.90 Å². The minimum absolute atomic E-state index is 0.0823. The molecule has 2 aliphatic heterocycles. The number of aliphatic hydroxyl groups is 1. The molecule has 1 unspecified atom stereocenters. The number of hydrogen-bond acceptors (Lipinski definition) is 5. The Morgan fingerprint density at radius 3 is 2.88 bits per heavy atom. The number of nitrogens with zero attached hydrogens (tertiary/aromatic N) is 2. The number of aromatic amines is 1. The van der Waals surface area contributed by atoms with Crippen LogP contribution in [0.25, 0.3) is 22.2 Å². The van der Waals surface area contributed by atoms with Gasteiger partial charge in [0.05, 0.1) is 19.3 Å². The van der Waals surface area contributed by atoms with E-state index in [1.807, 2.05) is 11.1 Å². The van der Waals surface area contributed by atoms with Gasteiger partial charge in [-0.3, -0.25) is 4.79 Å². The van der Waals surface area contributed by atoms with E-state index >= 15 is 0 Å². The highest BCUT2D eigenvalue weighted by molar-refractivity contribution is 5.88. The Morgan fingerprint density at radius 1 is 1.29 bits per heavy atom. The van der Waals surface area contributed by atoms with Crippen molar-refractivity contribution in [2.75, 3.05) is 26.3 Å². The fourth-order valence-electron chi connectivity index (χ4n) is 5.60. The van der Waals surface area contributed by atoms with Crippen LogP contribution in [0, 0.1) is 6.92 Å². The number of carbonyl (C=O) groups is 1. The molecule has 1 amide bonds. The van der Waals surface area contributed by atoms with Gasteiger partial charge in [-0.05, 0) is 72.6 Å². The molecule has 4 heterocycles. The lowest BCUT2D eigenvalue weighted by atomic mass is 9.87. The average Bonchev–Trinajstić information content (AvgIpc) is 3.54. The average molecular weight is 461 g/mol. The van der Waals surface area contributed by atoms with Crippen molar-refractivity contribution in [3.05, 3.63) is 52.3 Å². The number of aryl methyl sites for hydroxylation is 2. The molecule has 7 heteroatoms. The van der Waals surface area contributed by atoms with Crippen molar-refractivity contribution in [3.8, 4) is 11.1 Å². The zero-order valence-corrected chi connectivity index (χ0v) is 19.9. The standard InChI is InChI=1S/C27H32N4O3/c1-3-20-16(2)30-25-22(20)12-19(13-29-25)18-10-17-4-8-31(26(32)27(33)5-6-27)14-23(17)21(11-18)24-15-34-9-7-28-24/h10-13,24,28,33H,3-9,14-15H2,1-2H3,(H,29,30). The first-order valence-electron chi connectivity index (χ1n) is 12.4. The molecule has 1 aliphatic carbocycles. The van der Waals surface area contributed by atoms with E-state index in [0.29, 0.717) is 39.1 Å². The van der Waals surface area contributed by atoms with E-state index in [0.717, 1.165) is 36.2 Å². The predicted octanol–water partition coefficient (Wildman–Crippen LogP) is 3.17. The highest BCUT2D eigenvalue weighted by Gasteiger charge is 2.50. The van der Waals surface area contributed by atoms with Crippen LogP contribution in [0.4, 0.5) is 0 Å². The van der Waals surface area contributed by atoms with Gasteiger partial charge in [-0.2, -0.15) is 0 Å². The molecule has 1 aromatic carbocycles. The van der Waals surface area contributed by atoms with Crippen LogP contribution in [0.3, 0.4) is 0 Å². The smallest absolute Gasteiger partial charge is 0.254 e. The zero-order valence-electron chi connectivity index (χ0n) is 19.9. The molecule has 6 rings (SSSR count). The van der Waals surface area contributed by atoms with E-state index in [4.69, 9.17) is 9.72 Å². The minimum atomic E-state index is -1.13. The highest BCUT2D eigenvalue weighted by Crippen LogP contribution is 2.40. The zero-order chi connectivity index (χ0) is 23.4. The van der Waals surface area contributed by atoms with Gasteiger partial charge in [-0.15, -0.1) is 0 Å². The third-order valence-electron chi connectivity index (χ3n) is 7.74. The van der Waals surface area contributed by atoms with Crippen LogP contribution < -0.4 is 5.32 Å². The number of ether oxygens (including phenoxy) is 1. The molecule has 0 spiro atoms. The second-order valence-corrected chi connectivity index (χ2v) is 10.00. The van der Waals surface area contributed by atoms with Crippen molar-refractivity contribution in [1.29, 1.82) is 0 Å². The third-order valence-corrected chi connectivity index (χ3v) is 7.74. The van der Waals surface area contributed by atoms with Crippen molar-refractivity contribution in [2.45, 2.75) is 57.7 Å². The number of H-pyrrole nitrogens is 1. The fourth-order valence-corrected chi connectivity index (χ4v) is 5.60. The van der Waals surface area contributed by atoms with Crippen LogP contribution in [0.15, 0.2) is 24.4 Å². The molecular formula is C27H32N4O3. The summed E-state index contributed by atoms with van der Waals surface area (Å²) in [5.41, 5.74) is 8.21. The Balaban J connectivity index is 1.43. The number of carbonyl (C=O) groups excluding carboxylic acids is 1. The van der Waals surface area contributed by atoms with Gasteiger partial charge in [0.1, 0.15) is 11.2 Å². The number of aromatic nitrogens is 2. The second-order valence-electron chi connectivity index (χ2n) is 10.00. The molecule has 3 N–H and O–H groups in total. The Bertz CT molecular complexity index is 1270. The molecule has 178 valence electrons. The molecule has 3 aliphatic rings. The molecule has 1 saturated heterocycles. The van der Waals surface area contributed by atoms with Crippen molar-refractivity contribution in [3.63, 3.8) is 0 Å². The Labute approximate surface area is 199 Å². The molecule has 1 atom stereocenters. The first-order chi connectivity index (χ1) is 16.5. The Morgan fingerprint density at radius 2 is 2.15 bits per heavy atom. The van der Waals surface area contributed by atoms with Gasteiger partial charge in [-0.25, -0.2) is 4.98 Å². The molecule has 3 aromatic rings. The maximum Gasteiger partial charge on any atom is 0.254 e. The van der Waals surface area contributed by atoms with Crippen LogP contribution in [0.5, 0.6) is 0 Å². The van der Waals surface area contributed by atoms with E-state index in [1.165, 1.54) is 33.3 Å². The monoisotopic (exact) mass is 460 g/mol. The molecule has 7 nitrogen and oxygen atoms in total. The van der Waals surface area contributed by atoms with Crippen molar-refractivity contribution in [1.82, 2.24) is 20.2 Å². The summed E-state index contributed by atoms with van der Waals surface area (Å²) in [5.74, 6) is -0.120. The highest BCUT2D eigenvalue weighted by atomic mass is 16.5. The van der Waals surface area contributed by atoms with Crippen molar-refractivity contribution >= 4 is 16.9 Å². The number of nitrogens with one attached hydrogen (secondary N) is 2. The minimum Gasteiger partial charge on any atom is -0.380 e. The molecule has 2 fully saturated rings. The van der Waals surface area contributed by atoms with Gasteiger partial charge in [0.2, 0.25) is 0 Å². The second kappa shape index (κ2) is 8.18. The van der Waals surface area contributed by atoms with E-state index in [2.05, 4.69) is 42.3 Å². The number of fused-ring (bicyclic) bond motifs is 2. The lowest BCUT2D eigenvalue weighted by molar-refractivity contribution is -0.143. The summed E-state index contributed by atoms with van der Waals surface area (Å²) in [6, 6.07) is 6.85. The summed E-state index contributed by atoms with van der Waals surface area (Å²) in [4.78, 5) is 22.9. The number of rotatable bonds is 4. The lowest BCUT2D eigenvalue weighted by Crippen LogP contribution is -2.44. The van der Waals surface area contributed by atoms with E-state index in [-0.39, 0.29) is 11.9 Å². The lowest BCUT2D eigenvalue weighted by Gasteiger charge is -2.35. The van der Waals surface area contributed by atoms with Gasteiger partial charge in [0.25, 0.3) is 5.91 Å². The molecule has 34 heavy (non-hydrogen) atoms. The molecular weight excluding hydrogens is 428 g/mol. The molecule has 0 bridgehead atoms. The summed E-state index contributed by atoms with van der Waals surface area (Å²) in [7, 11) is 0. The van der Waals surface area contributed by atoms with Crippen LogP contribution >= 0.6 is 0 Å². The van der Waals surface area contributed by atoms with Crippen LogP contribution in [0.2, 0.25) is 0 Å². The Hall–Kier alpha value is -2.74. The molecule has 2 aromatic heterocycles. The predicted molar refractivity (Wildman–Crippen MR) is 131 cm³/mol. The van der Waals surface area contributed by atoms with Crippen LogP contribution in [-0.4, -0.2) is 57.8 Å². The van der Waals surface area contributed by atoms with Crippen molar-refractivity contribution < 1.29 is 14.6 Å². The SMILES string of the molecule is CCc1c(C)[nH]c2ncc(-c3cc4c(c(C5COCCN5)c3)CN(C(=O)C3(O)CC3)CC4)cc12. The largest absolute Gasteiger partial charge is 0.380 e. The molecule has 0 radical (unpaired) electrons. The van der Waals surface area contributed by atoms with Gasteiger partial charge in [-0.1, -0.05) is 13.0 Å². The van der Waals surface area contributed by atoms with Gasteiger partial charge < -0.3 is 25.0 Å². The number of benzene rings is 1. The Kier molecular flexibility index (Phi) is 5.24. The maximum absolute atomic E-state index is 12.9. The number of pyridine rings is 1. The van der Waals surface area contributed by atoms with Gasteiger partial charge in [0, 0.05) is 42.5 Å². The number of hydrogen-bond donors (Lipinski definition) is 3. The van der Waals surface area contributed by atoms with Crippen LogP contribution in [0.1, 0.15) is 53.8 Å². The summed E-state index contributed by atoms with van der Waals surface area (Å²) in [5, 5.41) is 15.2. The maximum atomic E-state index is 12.9. The van der Waals surface area contributed by atoms with Gasteiger partial charge >= 0.3 is 0 Å². The summed E-state index contributed by atoms with van der Waals surface area (Å²) >= 11 is 0. The summed E-state index contributed by atoms with van der Waals surface area (Å²) in [6.45, 7) is 7.60. The third kappa shape index (κ3) is 3.63. The number of morpholine rings is 1. The van der Waals surface area contributed by atoms with Gasteiger partial charge in [0.15, 0.2) is 0 Å². The van der Waals surface area contributed by atoms with Crippen LogP contribution in [-0.2, 0) is 28.9 Å². The first-order valence-corrected chi connectivity index (χ1v) is 12.4. The molecule has 1 saturated carbocycles. The quantitative estimate of drug-likeness (QED) is 0.556. The fraction of sp³-hybridized carbons (Fsp3) is 0.481. The number of amides is 1. The van der Waals surface area contributed by atoms with E-state index < -0.39 is 5.60 Å². The first kappa shape index (κ1) is 21.8. The normalized spacial score (nSPS) is 21.5. The van der Waals surface area contributed by atoms with E-state index in [1.54, 1.807) is 0 Å². The van der Waals surface area contributed by atoms with Crippen molar-refractivity contribution in [2.24, 2.45) is 0 Å². The summed E-state index contributed by atoms with van der Waals surface area (Å²) < 4.78 is 5.80. The topological polar surface area (TPSA) is 90.5 Å².